The van der Waals surface area contributed by atoms with Gasteiger partial charge in [0.15, 0.2) is 0 Å². The molecule has 0 bridgehead atoms. The first-order chi connectivity index (χ1) is 8.41. The van der Waals surface area contributed by atoms with Crippen molar-refractivity contribution in [3.05, 3.63) is 35.6 Å². The van der Waals surface area contributed by atoms with Gasteiger partial charge in [0.1, 0.15) is 5.79 Å². The standard InChI is InChI=1S/C13H17O4S.Li/c1-11-3-5-12(6-4-11)18(14,15)10-7-13(2)16-8-9-17-13;/h3-6,10H,7-9H2,1-2H3;/q-1;+1. The second-order valence-corrected chi connectivity index (χ2v) is 6.45. The molecule has 0 aromatic heterocycles. The van der Waals surface area contributed by atoms with Gasteiger partial charge < -0.3 is 9.47 Å². The summed E-state index contributed by atoms with van der Waals surface area (Å²) in [6.45, 7) is 4.69. The molecular weight excluding hydrogens is 259 g/mol. The molecule has 4 nitrogen and oxygen atoms in total. The van der Waals surface area contributed by atoms with Crippen molar-refractivity contribution >= 4 is 9.84 Å². The van der Waals surface area contributed by atoms with Gasteiger partial charge in [-0.15, -0.1) is 6.42 Å². The van der Waals surface area contributed by atoms with Crippen molar-refractivity contribution in [2.24, 2.45) is 0 Å². The number of rotatable bonds is 4. The molecule has 1 aliphatic rings. The van der Waals surface area contributed by atoms with Crippen LogP contribution in [0.1, 0.15) is 18.9 Å². The zero-order valence-electron chi connectivity index (χ0n) is 11.5. The van der Waals surface area contributed by atoms with Crippen LogP contribution in [0.25, 0.3) is 0 Å². The van der Waals surface area contributed by atoms with Crippen molar-refractivity contribution in [3.8, 4) is 0 Å². The first-order valence-corrected chi connectivity index (χ1v) is 7.39. The molecule has 0 spiro atoms. The Bertz CT molecular complexity index is 504. The maximum atomic E-state index is 12.1. The van der Waals surface area contributed by atoms with Gasteiger partial charge >= 0.3 is 18.9 Å². The number of aryl methyl sites for hydroxylation is 1. The van der Waals surface area contributed by atoms with E-state index in [0.29, 0.717) is 18.1 Å². The van der Waals surface area contributed by atoms with Gasteiger partial charge in [0, 0.05) is 4.90 Å². The van der Waals surface area contributed by atoms with Gasteiger partial charge in [0.05, 0.1) is 23.1 Å². The molecule has 100 valence electrons. The topological polar surface area (TPSA) is 52.6 Å². The van der Waals surface area contributed by atoms with E-state index in [2.05, 4.69) is 0 Å². The number of sulfone groups is 1. The Kier molecular flexibility index (Phi) is 5.66. The summed E-state index contributed by atoms with van der Waals surface area (Å²) < 4.78 is 34.9. The van der Waals surface area contributed by atoms with Crippen LogP contribution in [0.4, 0.5) is 0 Å². The fraction of sp³-hybridized carbons (Fsp3) is 0.462. The Balaban J connectivity index is 0.00000180. The molecule has 2 rings (SSSR count). The third-order valence-electron chi connectivity index (χ3n) is 2.92. The Morgan fingerprint density at radius 1 is 1.21 bits per heavy atom. The van der Waals surface area contributed by atoms with Crippen LogP contribution in [0.2, 0.25) is 0 Å². The molecule has 1 saturated heterocycles. The number of ether oxygens (including phenoxy) is 2. The summed E-state index contributed by atoms with van der Waals surface area (Å²) >= 11 is 0. The van der Waals surface area contributed by atoms with E-state index >= 15 is 0 Å². The van der Waals surface area contributed by atoms with Crippen LogP contribution in [0.5, 0.6) is 0 Å². The van der Waals surface area contributed by atoms with Crippen LogP contribution < -0.4 is 18.9 Å². The second kappa shape index (κ2) is 6.43. The van der Waals surface area contributed by atoms with Crippen molar-refractivity contribution in [1.29, 1.82) is 0 Å². The second-order valence-electron chi connectivity index (χ2n) is 4.56. The Hall–Kier alpha value is -0.313. The average Bonchev–Trinajstić information content (AvgIpc) is 2.75. The van der Waals surface area contributed by atoms with Gasteiger partial charge in [-0.1, -0.05) is 17.7 Å². The van der Waals surface area contributed by atoms with Gasteiger partial charge in [-0.25, -0.2) is 0 Å². The number of hydrogen-bond acceptors (Lipinski definition) is 4. The summed E-state index contributed by atoms with van der Waals surface area (Å²) in [5, 5.41) is 0. The quantitative estimate of drug-likeness (QED) is 0.528. The first kappa shape index (κ1) is 16.7. The third-order valence-corrected chi connectivity index (χ3v) is 4.46. The average molecular weight is 276 g/mol. The van der Waals surface area contributed by atoms with E-state index in [0.717, 1.165) is 5.56 Å². The van der Waals surface area contributed by atoms with Crippen molar-refractivity contribution in [2.75, 3.05) is 13.2 Å². The van der Waals surface area contributed by atoms with Crippen LogP contribution in [0.15, 0.2) is 29.2 Å². The van der Waals surface area contributed by atoms with E-state index in [9.17, 15) is 8.42 Å². The Labute approximate surface area is 126 Å². The minimum Gasteiger partial charge on any atom is -0.351 e. The monoisotopic (exact) mass is 276 g/mol. The van der Waals surface area contributed by atoms with Crippen molar-refractivity contribution in [2.45, 2.75) is 31.0 Å². The third kappa shape index (κ3) is 4.34. The largest absolute Gasteiger partial charge is 1.00 e. The van der Waals surface area contributed by atoms with Crippen molar-refractivity contribution in [1.82, 2.24) is 0 Å². The van der Waals surface area contributed by atoms with E-state index in [4.69, 9.17) is 9.47 Å². The normalized spacial score (nSPS) is 18.0. The molecular formula is C13H17LiO4S. The maximum absolute atomic E-state index is 12.1. The zero-order valence-corrected chi connectivity index (χ0v) is 12.4. The minimum atomic E-state index is -3.39. The zero-order chi connectivity index (χ0) is 13.2. The van der Waals surface area contributed by atoms with Crippen molar-refractivity contribution < 1.29 is 36.8 Å². The molecule has 0 saturated carbocycles. The van der Waals surface area contributed by atoms with Gasteiger partial charge in [0.2, 0.25) is 0 Å². The van der Waals surface area contributed by atoms with E-state index < -0.39 is 15.6 Å². The van der Waals surface area contributed by atoms with Crippen molar-refractivity contribution in [3.63, 3.8) is 0 Å². The molecule has 0 amide bonds. The predicted octanol–water partition coefficient (Wildman–Crippen LogP) is -0.912. The molecule has 1 aromatic carbocycles. The molecule has 0 atom stereocenters. The summed E-state index contributed by atoms with van der Waals surface area (Å²) in [5.41, 5.74) is 1.03. The number of hydrogen-bond donors (Lipinski definition) is 0. The maximum Gasteiger partial charge on any atom is 1.00 e. The van der Waals surface area contributed by atoms with Crippen LogP contribution in [0.3, 0.4) is 0 Å². The summed E-state index contributed by atoms with van der Waals surface area (Å²) in [4.78, 5) is 0.301. The predicted molar refractivity (Wildman–Crippen MR) is 67.6 cm³/mol. The molecule has 0 aliphatic carbocycles. The number of benzene rings is 1. The molecule has 1 aromatic rings. The summed E-state index contributed by atoms with van der Waals surface area (Å²) in [5.74, 6) is 0.459. The summed E-state index contributed by atoms with van der Waals surface area (Å²) in [6.07, 6.45) is 0.225. The van der Waals surface area contributed by atoms with Gasteiger partial charge in [0.25, 0.3) is 0 Å². The van der Waals surface area contributed by atoms with Crippen LogP contribution in [0, 0.1) is 12.7 Å². The van der Waals surface area contributed by atoms with E-state index in [1.807, 2.05) is 6.92 Å². The SMILES string of the molecule is Cc1ccc(S(=O)(=O)[CH-]CC2(C)OCCO2)cc1.[Li+]. The van der Waals surface area contributed by atoms with Crippen LogP contribution >= 0.6 is 0 Å². The summed E-state index contributed by atoms with van der Waals surface area (Å²) in [7, 11) is -3.39. The molecule has 1 aliphatic heterocycles. The van der Waals surface area contributed by atoms with Gasteiger partial charge in [-0.05, 0) is 26.0 Å². The molecule has 1 fully saturated rings. The van der Waals surface area contributed by atoms with E-state index in [1.165, 1.54) is 5.75 Å². The van der Waals surface area contributed by atoms with E-state index in [-0.39, 0.29) is 25.3 Å². The van der Waals surface area contributed by atoms with Gasteiger partial charge in [-0.3, -0.25) is 8.42 Å². The first-order valence-electron chi connectivity index (χ1n) is 5.84. The molecule has 19 heavy (non-hydrogen) atoms. The molecule has 0 unspecified atom stereocenters. The molecule has 0 radical (unpaired) electrons. The molecule has 6 heteroatoms. The molecule has 0 N–H and O–H groups in total. The smallest absolute Gasteiger partial charge is 0.351 e. The summed E-state index contributed by atoms with van der Waals surface area (Å²) in [6, 6.07) is 6.79. The van der Waals surface area contributed by atoms with E-state index in [1.54, 1.807) is 31.2 Å². The minimum absolute atomic E-state index is 0. The Morgan fingerprint density at radius 2 is 1.74 bits per heavy atom. The Morgan fingerprint density at radius 3 is 2.26 bits per heavy atom. The fourth-order valence-corrected chi connectivity index (χ4v) is 2.99. The fourth-order valence-electron chi connectivity index (χ4n) is 1.76. The van der Waals surface area contributed by atoms with Crippen LogP contribution in [-0.4, -0.2) is 27.4 Å². The molecule has 1 heterocycles. The van der Waals surface area contributed by atoms with Crippen LogP contribution in [-0.2, 0) is 19.3 Å². The van der Waals surface area contributed by atoms with Gasteiger partial charge in [-0.2, -0.15) is 5.75 Å².